The average molecular weight is 258 g/mol. The van der Waals surface area contributed by atoms with E-state index in [1.54, 1.807) is 0 Å². The van der Waals surface area contributed by atoms with E-state index >= 15 is 0 Å². The quantitative estimate of drug-likeness (QED) is 0.652. The lowest BCUT2D eigenvalue weighted by Gasteiger charge is -2.08. The summed E-state index contributed by atoms with van der Waals surface area (Å²) in [5.41, 5.74) is 8.49. The first-order valence-electron chi connectivity index (χ1n) is 5.71. The molecule has 0 aliphatic heterocycles. The molecule has 0 bridgehead atoms. The number of aromatic nitrogens is 1. The molecule has 6 nitrogen and oxygen atoms in total. The number of benzene rings is 1. The van der Waals surface area contributed by atoms with Gasteiger partial charge in [-0.3, -0.25) is 10.1 Å². The van der Waals surface area contributed by atoms with Crippen LogP contribution in [0.1, 0.15) is 11.1 Å². The maximum atomic E-state index is 10.8. The number of anilines is 3. The van der Waals surface area contributed by atoms with Crippen LogP contribution in [0, 0.1) is 24.0 Å². The summed E-state index contributed by atoms with van der Waals surface area (Å²) in [7, 11) is 0. The summed E-state index contributed by atoms with van der Waals surface area (Å²) in [6.45, 7) is 3.96. The second kappa shape index (κ2) is 4.93. The number of hydrogen-bond donors (Lipinski definition) is 2. The molecule has 2 aromatic rings. The van der Waals surface area contributed by atoms with E-state index in [-0.39, 0.29) is 11.5 Å². The van der Waals surface area contributed by atoms with Crippen molar-refractivity contribution in [2.75, 3.05) is 11.1 Å². The SMILES string of the molecule is Cc1cc(C)cc(Nc2cc([N+](=O)[O-])cc(N)n2)c1. The summed E-state index contributed by atoms with van der Waals surface area (Å²) in [6.07, 6.45) is 0. The maximum Gasteiger partial charge on any atom is 0.276 e. The molecule has 1 aromatic carbocycles. The van der Waals surface area contributed by atoms with Crippen LogP contribution in [0.2, 0.25) is 0 Å². The van der Waals surface area contributed by atoms with Crippen LogP contribution in [0.5, 0.6) is 0 Å². The Bertz CT molecular complexity index is 620. The van der Waals surface area contributed by atoms with E-state index in [4.69, 9.17) is 5.73 Å². The number of nitrogen functional groups attached to an aromatic ring is 1. The van der Waals surface area contributed by atoms with Gasteiger partial charge in [-0.15, -0.1) is 0 Å². The zero-order valence-corrected chi connectivity index (χ0v) is 10.7. The van der Waals surface area contributed by atoms with E-state index < -0.39 is 4.92 Å². The van der Waals surface area contributed by atoms with Crippen LogP contribution >= 0.6 is 0 Å². The van der Waals surface area contributed by atoms with Gasteiger partial charge in [0.1, 0.15) is 11.6 Å². The molecule has 1 aromatic heterocycles. The molecule has 0 amide bonds. The second-order valence-electron chi connectivity index (χ2n) is 4.39. The van der Waals surface area contributed by atoms with Gasteiger partial charge >= 0.3 is 0 Å². The molecule has 98 valence electrons. The van der Waals surface area contributed by atoms with Gasteiger partial charge in [-0.1, -0.05) is 6.07 Å². The van der Waals surface area contributed by atoms with Crippen molar-refractivity contribution in [1.29, 1.82) is 0 Å². The largest absolute Gasteiger partial charge is 0.383 e. The Balaban J connectivity index is 2.35. The van der Waals surface area contributed by atoms with Crippen LogP contribution < -0.4 is 11.1 Å². The molecule has 1 heterocycles. The third-order valence-corrected chi connectivity index (χ3v) is 2.53. The van der Waals surface area contributed by atoms with Crippen molar-refractivity contribution >= 4 is 23.0 Å². The van der Waals surface area contributed by atoms with E-state index in [0.29, 0.717) is 5.82 Å². The number of pyridine rings is 1. The molecule has 0 radical (unpaired) electrons. The van der Waals surface area contributed by atoms with E-state index in [1.165, 1.54) is 12.1 Å². The Kier molecular flexibility index (Phi) is 3.33. The summed E-state index contributed by atoms with van der Waals surface area (Å²) in [5, 5.41) is 13.8. The van der Waals surface area contributed by atoms with Gasteiger partial charge in [-0.05, 0) is 37.1 Å². The van der Waals surface area contributed by atoms with Crippen molar-refractivity contribution in [3.8, 4) is 0 Å². The highest BCUT2D eigenvalue weighted by Gasteiger charge is 2.10. The van der Waals surface area contributed by atoms with Crippen LogP contribution in [0.4, 0.5) is 23.0 Å². The highest BCUT2D eigenvalue weighted by molar-refractivity contribution is 5.62. The van der Waals surface area contributed by atoms with Crippen LogP contribution in [-0.4, -0.2) is 9.91 Å². The number of nitrogens with one attached hydrogen (secondary N) is 1. The zero-order chi connectivity index (χ0) is 14.0. The summed E-state index contributed by atoms with van der Waals surface area (Å²) in [4.78, 5) is 14.3. The van der Waals surface area contributed by atoms with Crippen LogP contribution in [0.15, 0.2) is 30.3 Å². The standard InChI is InChI=1S/C13H14N4O2/c1-8-3-9(2)5-10(4-8)15-13-7-11(17(18)19)6-12(14)16-13/h3-7H,1-2H3,(H3,14,15,16). The molecule has 0 saturated heterocycles. The van der Waals surface area contributed by atoms with E-state index in [1.807, 2.05) is 32.0 Å². The monoisotopic (exact) mass is 258 g/mol. The zero-order valence-electron chi connectivity index (χ0n) is 10.7. The summed E-state index contributed by atoms with van der Waals surface area (Å²) >= 11 is 0. The molecule has 0 atom stereocenters. The highest BCUT2D eigenvalue weighted by Crippen LogP contribution is 2.23. The van der Waals surface area contributed by atoms with Crippen molar-refractivity contribution in [3.05, 3.63) is 51.6 Å². The predicted molar refractivity (Wildman–Crippen MR) is 74.5 cm³/mol. The van der Waals surface area contributed by atoms with Crippen molar-refractivity contribution < 1.29 is 4.92 Å². The van der Waals surface area contributed by atoms with Crippen LogP contribution in [0.25, 0.3) is 0 Å². The molecule has 0 fully saturated rings. The van der Waals surface area contributed by atoms with Crippen molar-refractivity contribution in [1.82, 2.24) is 4.98 Å². The minimum Gasteiger partial charge on any atom is -0.383 e. The highest BCUT2D eigenvalue weighted by atomic mass is 16.6. The molecule has 0 spiro atoms. The average Bonchev–Trinajstić information content (AvgIpc) is 2.26. The number of rotatable bonds is 3. The third-order valence-electron chi connectivity index (χ3n) is 2.53. The Morgan fingerprint density at radius 2 is 1.79 bits per heavy atom. The Hall–Kier alpha value is -2.63. The van der Waals surface area contributed by atoms with Gasteiger partial charge in [-0.25, -0.2) is 4.98 Å². The second-order valence-corrected chi connectivity index (χ2v) is 4.39. The van der Waals surface area contributed by atoms with Gasteiger partial charge in [0.15, 0.2) is 0 Å². The van der Waals surface area contributed by atoms with Gasteiger partial charge < -0.3 is 11.1 Å². The summed E-state index contributed by atoms with van der Waals surface area (Å²) < 4.78 is 0. The molecular formula is C13H14N4O2. The van der Waals surface area contributed by atoms with Gasteiger partial charge in [0.2, 0.25) is 0 Å². The fraction of sp³-hybridized carbons (Fsp3) is 0.154. The fourth-order valence-electron chi connectivity index (χ4n) is 1.90. The van der Waals surface area contributed by atoms with E-state index in [0.717, 1.165) is 16.8 Å². The Morgan fingerprint density at radius 1 is 1.16 bits per heavy atom. The van der Waals surface area contributed by atoms with Crippen LogP contribution in [-0.2, 0) is 0 Å². The number of aryl methyl sites for hydroxylation is 2. The molecule has 2 rings (SSSR count). The molecule has 0 unspecified atom stereocenters. The number of nitrogens with two attached hydrogens (primary N) is 1. The molecule has 6 heteroatoms. The topological polar surface area (TPSA) is 94.1 Å². The van der Waals surface area contributed by atoms with Crippen molar-refractivity contribution in [2.45, 2.75) is 13.8 Å². The van der Waals surface area contributed by atoms with Crippen LogP contribution in [0.3, 0.4) is 0 Å². The minimum atomic E-state index is -0.495. The predicted octanol–water partition coefficient (Wildman–Crippen LogP) is 2.93. The van der Waals surface area contributed by atoms with Gasteiger partial charge in [0, 0.05) is 5.69 Å². The smallest absolute Gasteiger partial charge is 0.276 e. The summed E-state index contributed by atoms with van der Waals surface area (Å²) in [6, 6.07) is 8.49. The van der Waals surface area contributed by atoms with Gasteiger partial charge in [-0.2, -0.15) is 0 Å². The van der Waals surface area contributed by atoms with Crippen molar-refractivity contribution in [3.63, 3.8) is 0 Å². The normalized spacial score (nSPS) is 10.2. The number of hydrogen-bond acceptors (Lipinski definition) is 5. The first-order valence-corrected chi connectivity index (χ1v) is 5.71. The van der Waals surface area contributed by atoms with E-state index in [9.17, 15) is 10.1 Å². The molecule has 19 heavy (non-hydrogen) atoms. The first kappa shape index (κ1) is 12.8. The van der Waals surface area contributed by atoms with E-state index in [2.05, 4.69) is 10.3 Å². The lowest BCUT2D eigenvalue weighted by Crippen LogP contribution is -2.00. The first-order chi connectivity index (χ1) is 8.94. The number of nitro groups is 1. The molecule has 0 aliphatic carbocycles. The minimum absolute atomic E-state index is 0.0839. The molecule has 0 saturated carbocycles. The van der Waals surface area contributed by atoms with Gasteiger partial charge in [0.25, 0.3) is 5.69 Å². The third kappa shape index (κ3) is 3.19. The summed E-state index contributed by atoms with van der Waals surface area (Å²) in [5.74, 6) is 0.470. The molecule has 3 N–H and O–H groups in total. The number of nitrogens with zero attached hydrogens (tertiary/aromatic N) is 2. The lowest BCUT2D eigenvalue weighted by molar-refractivity contribution is -0.384. The fourth-order valence-corrected chi connectivity index (χ4v) is 1.90. The Labute approximate surface area is 110 Å². The molecule has 0 aliphatic rings. The Morgan fingerprint density at radius 3 is 2.37 bits per heavy atom. The van der Waals surface area contributed by atoms with Crippen molar-refractivity contribution in [2.24, 2.45) is 0 Å². The maximum absolute atomic E-state index is 10.8. The molecular weight excluding hydrogens is 244 g/mol. The van der Waals surface area contributed by atoms with Gasteiger partial charge in [0.05, 0.1) is 17.1 Å². The lowest BCUT2D eigenvalue weighted by atomic mass is 10.1.